The zero-order chi connectivity index (χ0) is 16.4. The molecule has 23 heavy (non-hydrogen) atoms. The third-order valence-electron chi connectivity index (χ3n) is 3.59. The van der Waals surface area contributed by atoms with Crippen molar-refractivity contribution in [3.8, 4) is 6.07 Å². The number of benzene rings is 1. The minimum Gasteiger partial charge on any atom is -0.381 e. The van der Waals surface area contributed by atoms with Gasteiger partial charge in [0.2, 0.25) is 5.91 Å². The minimum absolute atomic E-state index is 0.263. The van der Waals surface area contributed by atoms with Crippen LogP contribution in [0, 0.1) is 11.3 Å². The average Bonchev–Trinajstić information content (AvgIpc) is 2.91. The lowest BCUT2D eigenvalue weighted by atomic mass is 10.1. The van der Waals surface area contributed by atoms with Gasteiger partial charge in [0.05, 0.1) is 21.7 Å². The molecule has 0 saturated heterocycles. The molecule has 2 aromatic heterocycles. The number of nitrogens with two attached hydrogens (primary N) is 1. The molecule has 0 aliphatic heterocycles. The number of primary amides is 1. The van der Waals surface area contributed by atoms with Crippen molar-refractivity contribution < 1.29 is 4.79 Å². The predicted molar refractivity (Wildman–Crippen MR) is 89.4 cm³/mol. The molecule has 6 heteroatoms. The Kier molecular flexibility index (Phi) is 3.92. The molecular weight excluding hydrogens is 312 g/mol. The van der Waals surface area contributed by atoms with Gasteiger partial charge in [-0.05, 0) is 30.3 Å². The number of hydrogen-bond donors (Lipinski definition) is 2. The van der Waals surface area contributed by atoms with Gasteiger partial charge in [-0.2, -0.15) is 5.26 Å². The molecule has 0 aliphatic rings. The van der Waals surface area contributed by atoms with E-state index < -0.39 is 5.91 Å². The van der Waals surface area contributed by atoms with Crippen LogP contribution in [-0.4, -0.2) is 10.3 Å². The summed E-state index contributed by atoms with van der Waals surface area (Å²) in [4.78, 5) is 11.3. The van der Waals surface area contributed by atoms with Crippen LogP contribution in [0.15, 0.2) is 48.8 Å². The lowest BCUT2D eigenvalue weighted by Gasteiger charge is -2.08. The van der Waals surface area contributed by atoms with Crippen molar-refractivity contribution in [2.75, 3.05) is 5.32 Å². The third kappa shape index (κ3) is 2.85. The van der Waals surface area contributed by atoms with E-state index in [4.69, 9.17) is 17.3 Å². The van der Waals surface area contributed by atoms with Gasteiger partial charge < -0.3 is 15.5 Å². The van der Waals surface area contributed by atoms with Crippen LogP contribution in [-0.2, 0) is 6.54 Å². The average molecular weight is 325 g/mol. The first-order valence-corrected chi connectivity index (χ1v) is 7.30. The van der Waals surface area contributed by atoms with Gasteiger partial charge >= 0.3 is 0 Å². The Hall–Kier alpha value is -2.97. The quantitative estimate of drug-likeness (QED) is 0.773. The molecule has 0 aliphatic carbocycles. The number of nitriles is 1. The van der Waals surface area contributed by atoms with Crippen molar-refractivity contribution in [1.29, 1.82) is 5.26 Å². The van der Waals surface area contributed by atoms with Crippen LogP contribution in [0.25, 0.3) is 5.52 Å². The molecule has 3 N–H and O–H groups in total. The standard InChI is InChI=1S/C17H13ClN4O/c18-15-5-4-12(7-13(15)17(20)23)21-9-11-10-22-6-2-1-3-16(22)14(11)8-19/h1-7,10,21H,9H2,(H2,20,23). The molecule has 2 heterocycles. The molecule has 1 amide bonds. The fraction of sp³-hybridized carbons (Fsp3) is 0.0588. The molecule has 0 bridgehead atoms. The number of anilines is 1. The van der Waals surface area contributed by atoms with Crippen LogP contribution in [0.5, 0.6) is 0 Å². The monoisotopic (exact) mass is 324 g/mol. The van der Waals surface area contributed by atoms with Gasteiger partial charge in [0.15, 0.2) is 0 Å². The van der Waals surface area contributed by atoms with E-state index in [1.54, 1.807) is 18.2 Å². The first-order chi connectivity index (χ1) is 11.1. The third-order valence-corrected chi connectivity index (χ3v) is 3.92. The molecule has 0 unspecified atom stereocenters. The first-order valence-electron chi connectivity index (χ1n) is 6.92. The summed E-state index contributed by atoms with van der Waals surface area (Å²) in [5.74, 6) is -0.578. The summed E-state index contributed by atoms with van der Waals surface area (Å²) in [6.07, 6.45) is 3.80. The molecule has 1 aromatic carbocycles. The molecule has 0 fully saturated rings. The van der Waals surface area contributed by atoms with Crippen molar-refractivity contribution in [2.24, 2.45) is 5.73 Å². The zero-order valence-electron chi connectivity index (χ0n) is 12.1. The lowest BCUT2D eigenvalue weighted by Crippen LogP contribution is -2.12. The number of pyridine rings is 1. The van der Waals surface area contributed by atoms with E-state index in [-0.39, 0.29) is 5.56 Å². The molecule has 0 spiro atoms. The topological polar surface area (TPSA) is 83.3 Å². The summed E-state index contributed by atoms with van der Waals surface area (Å²) in [5.41, 5.74) is 8.62. The van der Waals surface area contributed by atoms with Gasteiger partial charge in [-0.25, -0.2) is 0 Å². The van der Waals surface area contributed by atoms with Gasteiger partial charge in [-0.1, -0.05) is 17.7 Å². The summed E-state index contributed by atoms with van der Waals surface area (Å²) in [6, 6.07) is 12.9. The molecule has 3 aromatic rings. The van der Waals surface area contributed by atoms with E-state index in [1.807, 2.05) is 35.0 Å². The Balaban J connectivity index is 1.88. The van der Waals surface area contributed by atoms with Crippen molar-refractivity contribution in [3.63, 3.8) is 0 Å². The number of halogens is 1. The Bertz CT molecular complexity index is 939. The number of nitrogens with one attached hydrogen (secondary N) is 1. The lowest BCUT2D eigenvalue weighted by molar-refractivity contribution is 0.100. The van der Waals surface area contributed by atoms with Crippen LogP contribution in [0.3, 0.4) is 0 Å². The highest BCUT2D eigenvalue weighted by Crippen LogP contribution is 2.22. The number of carbonyl (C=O) groups excluding carboxylic acids is 1. The van der Waals surface area contributed by atoms with E-state index in [0.717, 1.165) is 11.1 Å². The number of amides is 1. The summed E-state index contributed by atoms with van der Waals surface area (Å²) >= 11 is 5.93. The van der Waals surface area contributed by atoms with E-state index in [2.05, 4.69) is 11.4 Å². The molecule has 5 nitrogen and oxygen atoms in total. The Labute approximate surface area is 137 Å². The van der Waals surface area contributed by atoms with Crippen molar-refractivity contribution >= 4 is 28.7 Å². The van der Waals surface area contributed by atoms with Crippen molar-refractivity contribution in [2.45, 2.75) is 6.54 Å². The highest BCUT2D eigenvalue weighted by Gasteiger charge is 2.11. The zero-order valence-corrected chi connectivity index (χ0v) is 12.8. The fourth-order valence-electron chi connectivity index (χ4n) is 2.46. The Morgan fingerprint density at radius 3 is 2.91 bits per heavy atom. The number of carbonyl (C=O) groups is 1. The SMILES string of the molecule is N#Cc1c(CNc2ccc(Cl)c(C(N)=O)c2)cn2ccccc12. The summed E-state index contributed by atoms with van der Waals surface area (Å²) in [7, 11) is 0. The minimum atomic E-state index is -0.578. The molecule has 3 rings (SSSR count). The van der Waals surface area contributed by atoms with E-state index in [1.165, 1.54) is 0 Å². The fourth-order valence-corrected chi connectivity index (χ4v) is 2.67. The van der Waals surface area contributed by atoms with Gasteiger partial charge in [0, 0.05) is 30.2 Å². The second-order valence-electron chi connectivity index (χ2n) is 5.05. The number of hydrogen-bond acceptors (Lipinski definition) is 3. The second kappa shape index (κ2) is 6.03. The van der Waals surface area contributed by atoms with Gasteiger partial charge in [0.1, 0.15) is 6.07 Å². The highest BCUT2D eigenvalue weighted by molar-refractivity contribution is 6.33. The van der Waals surface area contributed by atoms with Crippen LogP contribution in [0.4, 0.5) is 5.69 Å². The molecule has 0 radical (unpaired) electrons. The smallest absolute Gasteiger partial charge is 0.250 e. The second-order valence-corrected chi connectivity index (χ2v) is 5.45. The molecule has 114 valence electrons. The summed E-state index contributed by atoms with van der Waals surface area (Å²) in [6.45, 7) is 0.449. The van der Waals surface area contributed by atoms with E-state index in [0.29, 0.717) is 22.8 Å². The number of rotatable bonds is 4. The highest BCUT2D eigenvalue weighted by atomic mass is 35.5. The maximum atomic E-state index is 11.3. The van der Waals surface area contributed by atoms with Gasteiger partial charge in [-0.3, -0.25) is 4.79 Å². The van der Waals surface area contributed by atoms with Crippen LogP contribution in [0.2, 0.25) is 5.02 Å². The maximum absolute atomic E-state index is 11.3. The maximum Gasteiger partial charge on any atom is 0.250 e. The summed E-state index contributed by atoms with van der Waals surface area (Å²) < 4.78 is 1.91. The largest absolute Gasteiger partial charge is 0.381 e. The Morgan fingerprint density at radius 2 is 2.17 bits per heavy atom. The molecule has 0 atom stereocenters. The summed E-state index contributed by atoms with van der Waals surface area (Å²) in [5, 5.41) is 12.9. The van der Waals surface area contributed by atoms with Gasteiger partial charge in [-0.15, -0.1) is 0 Å². The molecule has 0 saturated carbocycles. The number of aromatic nitrogens is 1. The first kappa shape index (κ1) is 14.9. The number of nitrogens with zero attached hydrogens (tertiary/aromatic N) is 2. The Morgan fingerprint density at radius 1 is 1.35 bits per heavy atom. The van der Waals surface area contributed by atoms with Crippen molar-refractivity contribution in [1.82, 2.24) is 4.40 Å². The predicted octanol–water partition coefficient (Wildman–Crippen LogP) is 3.18. The normalized spacial score (nSPS) is 10.4. The molecular formula is C17H13ClN4O. The number of fused-ring (bicyclic) bond motifs is 1. The van der Waals surface area contributed by atoms with Crippen LogP contribution >= 0.6 is 11.6 Å². The van der Waals surface area contributed by atoms with E-state index in [9.17, 15) is 10.1 Å². The van der Waals surface area contributed by atoms with E-state index >= 15 is 0 Å². The van der Waals surface area contributed by atoms with Crippen LogP contribution < -0.4 is 11.1 Å². The van der Waals surface area contributed by atoms with Gasteiger partial charge in [0.25, 0.3) is 0 Å². The van der Waals surface area contributed by atoms with Crippen molar-refractivity contribution in [3.05, 3.63) is 70.5 Å². The van der Waals surface area contributed by atoms with Crippen LogP contribution in [0.1, 0.15) is 21.5 Å².